The van der Waals surface area contributed by atoms with E-state index in [9.17, 15) is 8.42 Å². The van der Waals surface area contributed by atoms with Crippen molar-refractivity contribution in [1.82, 2.24) is 0 Å². The highest BCUT2D eigenvalue weighted by atomic mass is 32.2. The van der Waals surface area contributed by atoms with Crippen molar-refractivity contribution in [3.05, 3.63) is 42.0 Å². The smallest absolute Gasteiger partial charge is 0.313 e. The minimum absolute atomic E-state index is 0.0442. The lowest BCUT2D eigenvalue weighted by Crippen LogP contribution is -2.15. The fourth-order valence-electron chi connectivity index (χ4n) is 1.49. The van der Waals surface area contributed by atoms with E-state index in [2.05, 4.69) is 27.4 Å². The van der Waals surface area contributed by atoms with Gasteiger partial charge in [0.1, 0.15) is 11.5 Å². The fourth-order valence-corrected chi connectivity index (χ4v) is 2.55. The largest absolute Gasteiger partial charge is 0.382 e. The highest BCUT2D eigenvalue weighted by Crippen LogP contribution is 2.26. The molecule has 0 unspecified atom stereocenters. The van der Waals surface area contributed by atoms with Gasteiger partial charge in [0.15, 0.2) is 0 Å². The van der Waals surface area contributed by atoms with Gasteiger partial charge in [-0.15, -0.1) is 0 Å². The van der Waals surface area contributed by atoms with Crippen molar-refractivity contribution in [1.29, 1.82) is 0 Å². The number of rotatable bonds is 4. The lowest BCUT2D eigenvalue weighted by atomic mass is 9.87. The first kappa shape index (κ1) is 14.8. The van der Waals surface area contributed by atoms with Crippen LogP contribution in [-0.4, -0.2) is 14.2 Å². The third kappa shape index (κ3) is 4.53. The van der Waals surface area contributed by atoms with Crippen LogP contribution in [-0.2, 0) is 15.5 Å². The second-order valence-electron chi connectivity index (χ2n) is 5.52. The van der Waals surface area contributed by atoms with E-state index >= 15 is 0 Å². The first-order chi connectivity index (χ1) is 8.10. The molecule has 1 aromatic rings. The van der Waals surface area contributed by atoms with Crippen LogP contribution in [0.4, 0.5) is 0 Å². The summed E-state index contributed by atoms with van der Waals surface area (Å²) >= 11 is 0. The minimum Gasteiger partial charge on any atom is -0.382 e. The first-order valence-corrected chi connectivity index (χ1v) is 7.35. The molecule has 0 aliphatic carbocycles. The lowest BCUT2D eigenvalue weighted by molar-refractivity contribution is 0.486. The Balaban J connectivity index is 2.96. The van der Waals surface area contributed by atoms with Gasteiger partial charge in [0.2, 0.25) is 0 Å². The monoisotopic (exact) mass is 268 g/mol. The third-order valence-electron chi connectivity index (χ3n) is 2.35. The molecule has 0 aliphatic rings. The van der Waals surface area contributed by atoms with E-state index in [1.807, 2.05) is 6.07 Å². The van der Waals surface area contributed by atoms with Gasteiger partial charge in [0.05, 0.1) is 0 Å². The summed E-state index contributed by atoms with van der Waals surface area (Å²) in [7, 11) is -3.60. The van der Waals surface area contributed by atoms with Crippen LogP contribution in [0.25, 0.3) is 0 Å². The number of benzene rings is 1. The highest BCUT2D eigenvalue weighted by Gasteiger charge is 2.17. The summed E-state index contributed by atoms with van der Waals surface area (Å²) in [6, 6.07) is 7.16. The van der Waals surface area contributed by atoms with Crippen molar-refractivity contribution in [2.45, 2.75) is 33.1 Å². The zero-order valence-corrected chi connectivity index (χ0v) is 12.2. The van der Waals surface area contributed by atoms with Gasteiger partial charge in [-0.25, -0.2) is 0 Å². The topological polar surface area (TPSA) is 43.4 Å². The summed E-state index contributed by atoms with van der Waals surface area (Å²) in [5.41, 5.74) is 1.55. The molecule has 0 spiro atoms. The van der Waals surface area contributed by atoms with Crippen LogP contribution in [0, 0.1) is 0 Å². The van der Waals surface area contributed by atoms with E-state index in [1.165, 1.54) is 0 Å². The maximum Gasteiger partial charge on any atom is 0.313 e. The standard InChI is InChI=1S/C14H20O3S/c1-11(2)10-18(15,16)17-13-8-6-7-12(9-13)14(3,4)5/h6-9H,1,10H2,2-5H3. The molecule has 0 radical (unpaired) electrons. The maximum atomic E-state index is 11.7. The van der Waals surface area contributed by atoms with Crippen LogP contribution in [0.15, 0.2) is 36.4 Å². The van der Waals surface area contributed by atoms with Crippen LogP contribution in [0.5, 0.6) is 5.75 Å². The van der Waals surface area contributed by atoms with Crippen LogP contribution in [0.3, 0.4) is 0 Å². The van der Waals surface area contributed by atoms with Crippen LogP contribution in [0.1, 0.15) is 33.3 Å². The predicted molar refractivity (Wildman–Crippen MR) is 74.4 cm³/mol. The Kier molecular flexibility index (Phi) is 4.22. The Morgan fingerprint density at radius 2 is 1.94 bits per heavy atom. The summed E-state index contributed by atoms with van der Waals surface area (Å²) in [5.74, 6) is 0.191. The average Bonchev–Trinajstić information content (AvgIpc) is 2.13. The third-order valence-corrected chi connectivity index (χ3v) is 3.64. The Morgan fingerprint density at radius 3 is 2.44 bits per heavy atom. The number of hydrogen-bond donors (Lipinski definition) is 0. The summed E-state index contributed by atoms with van der Waals surface area (Å²) < 4.78 is 28.4. The van der Waals surface area contributed by atoms with E-state index in [1.54, 1.807) is 25.1 Å². The van der Waals surface area contributed by atoms with Crippen molar-refractivity contribution in [2.75, 3.05) is 5.75 Å². The summed E-state index contributed by atoms with van der Waals surface area (Å²) in [4.78, 5) is 0. The molecule has 0 saturated carbocycles. The van der Waals surface area contributed by atoms with Crippen molar-refractivity contribution >= 4 is 10.1 Å². The van der Waals surface area contributed by atoms with E-state index in [0.29, 0.717) is 11.3 Å². The summed E-state index contributed by atoms with van der Waals surface area (Å²) in [6.07, 6.45) is 0. The van der Waals surface area contributed by atoms with Gasteiger partial charge in [-0.3, -0.25) is 0 Å². The van der Waals surface area contributed by atoms with E-state index in [-0.39, 0.29) is 11.2 Å². The molecule has 4 heteroatoms. The number of hydrogen-bond acceptors (Lipinski definition) is 3. The summed E-state index contributed by atoms with van der Waals surface area (Å²) in [5, 5.41) is 0. The lowest BCUT2D eigenvalue weighted by Gasteiger charge is -2.19. The van der Waals surface area contributed by atoms with Crippen LogP contribution < -0.4 is 4.18 Å². The molecule has 1 rings (SSSR count). The van der Waals surface area contributed by atoms with Crippen LogP contribution in [0.2, 0.25) is 0 Å². The maximum absolute atomic E-state index is 11.7. The van der Waals surface area contributed by atoms with Crippen molar-refractivity contribution < 1.29 is 12.6 Å². The first-order valence-electron chi connectivity index (χ1n) is 5.77. The van der Waals surface area contributed by atoms with Gasteiger partial charge in [-0.2, -0.15) is 8.42 Å². The Hall–Kier alpha value is -1.29. The molecule has 0 amide bonds. The Morgan fingerprint density at radius 1 is 1.33 bits per heavy atom. The molecule has 1 aromatic carbocycles. The quantitative estimate of drug-likeness (QED) is 0.622. The molecule has 0 fully saturated rings. The molecule has 0 aromatic heterocycles. The van der Waals surface area contributed by atoms with Gasteiger partial charge in [-0.05, 0) is 30.0 Å². The molecule has 100 valence electrons. The predicted octanol–water partition coefficient (Wildman–Crippen LogP) is 3.27. The second kappa shape index (κ2) is 5.14. The van der Waals surface area contributed by atoms with Crippen molar-refractivity contribution in [3.63, 3.8) is 0 Å². The van der Waals surface area contributed by atoms with Gasteiger partial charge in [0.25, 0.3) is 0 Å². The van der Waals surface area contributed by atoms with E-state index in [4.69, 9.17) is 4.18 Å². The molecule has 0 aliphatic heterocycles. The van der Waals surface area contributed by atoms with E-state index < -0.39 is 10.1 Å². The molecule has 3 nitrogen and oxygen atoms in total. The van der Waals surface area contributed by atoms with Gasteiger partial charge >= 0.3 is 10.1 Å². The zero-order chi connectivity index (χ0) is 14.0. The molecular formula is C14H20O3S. The van der Waals surface area contributed by atoms with Gasteiger partial charge in [0, 0.05) is 0 Å². The molecule has 18 heavy (non-hydrogen) atoms. The van der Waals surface area contributed by atoms with Crippen molar-refractivity contribution in [3.8, 4) is 5.75 Å². The molecule has 0 heterocycles. The van der Waals surface area contributed by atoms with Crippen molar-refractivity contribution in [2.24, 2.45) is 0 Å². The Bertz CT molecular complexity index is 536. The zero-order valence-electron chi connectivity index (χ0n) is 11.4. The molecule has 0 saturated heterocycles. The van der Waals surface area contributed by atoms with Gasteiger partial charge in [-0.1, -0.05) is 45.1 Å². The molecule has 0 atom stereocenters. The SMILES string of the molecule is C=C(C)CS(=O)(=O)Oc1cccc(C(C)(C)C)c1. The Labute approximate surface area is 110 Å². The summed E-state index contributed by atoms with van der Waals surface area (Å²) in [6.45, 7) is 11.4. The van der Waals surface area contributed by atoms with Crippen LogP contribution >= 0.6 is 0 Å². The van der Waals surface area contributed by atoms with E-state index in [0.717, 1.165) is 5.56 Å². The molecule has 0 N–H and O–H groups in total. The average molecular weight is 268 g/mol. The highest BCUT2D eigenvalue weighted by molar-refractivity contribution is 7.87. The normalized spacial score (nSPS) is 12.2. The fraction of sp³-hybridized carbons (Fsp3) is 0.429. The van der Waals surface area contributed by atoms with Gasteiger partial charge < -0.3 is 4.18 Å². The minimum atomic E-state index is -3.60. The second-order valence-corrected chi connectivity index (χ2v) is 7.09. The molecule has 0 bridgehead atoms. The molecular weight excluding hydrogens is 248 g/mol.